The van der Waals surface area contributed by atoms with Gasteiger partial charge in [-0.1, -0.05) is 32.1 Å². The monoisotopic (exact) mass is 292 g/mol. The van der Waals surface area contributed by atoms with E-state index in [0.717, 1.165) is 6.42 Å². The van der Waals surface area contributed by atoms with Gasteiger partial charge in [-0.25, -0.2) is 0 Å². The summed E-state index contributed by atoms with van der Waals surface area (Å²) >= 11 is 0. The van der Waals surface area contributed by atoms with E-state index < -0.39 is 5.54 Å². The largest absolute Gasteiger partial charge is 0.421 e. The molecule has 1 aliphatic heterocycles. The molecule has 3 rings (SSSR count). The van der Waals surface area contributed by atoms with Crippen LogP contribution in [0.2, 0.25) is 0 Å². The van der Waals surface area contributed by atoms with Gasteiger partial charge in [-0.15, -0.1) is 10.2 Å². The Morgan fingerprint density at radius 3 is 2.71 bits per heavy atom. The number of nitrogens with one attached hydrogen (secondary N) is 1. The molecule has 1 aliphatic carbocycles. The van der Waals surface area contributed by atoms with E-state index in [9.17, 15) is 4.79 Å². The van der Waals surface area contributed by atoms with Gasteiger partial charge in [0.25, 0.3) is 0 Å². The van der Waals surface area contributed by atoms with Gasteiger partial charge in [-0.05, 0) is 25.7 Å². The number of hydrogen-bond acceptors (Lipinski definition) is 5. The molecule has 116 valence electrons. The minimum atomic E-state index is -0.587. The molecule has 2 aliphatic rings. The zero-order valence-corrected chi connectivity index (χ0v) is 12.6. The second-order valence-electron chi connectivity index (χ2n) is 6.73. The van der Waals surface area contributed by atoms with E-state index in [-0.39, 0.29) is 11.9 Å². The van der Waals surface area contributed by atoms with Crippen LogP contribution in [0.5, 0.6) is 0 Å². The smallest absolute Gasteiger partial charge is 0.238 e. The molecular weight excluding hydrogens is 268 g/mol. The Labute approximate surface area is 124 Å². The van der Waals surface area contributed by atoms with Crippen LogP contribution in [-0.4, -0.2) is 16.1 Å². The predicted octanol–water partition coefficient (Wildman–Crippen LogP) is 2.17. The minimum Gasteiger partial charge on any atom is -0.421 e. The van der Waals surface area contributed by atoms with Crippen molar-refractivity contribution < 1.29 is 9.21 Å². The summed E-state index contributed by atoms with van der Waals surface area (Å²) < 4.78 is 5.76. The van der Waals surface area contributed by atoms with Crippen LogP contribution in [0.3, 0.4) is 0 Å². The highest BCUT2D eigenvalue weighted by molar-refractivity contribution is 5.78. The van der Waals surface area contributed by atoms with Gasteiger partial charge in [-0.3, -0.25) is 4.79 Å². The summed E-state index contributed by atoms with van der Waals surface area (Å²) in [4.78, 5) is 11.3. The molecule has 21 heavy (non-hydrogen) atoms. The van der Waals surface area contributed by atoms with E-state index in [2.05, 4.69) is 15.5 Å². The van der Waals surface area contributed by atoms with Gasteiger partial charge < -0.3 is 15.5 Å². The molecule has 1 unspecified atom stereocenters. The topological polar surface area (TPSA) is 94.0 Å². The van der Waals surface area contributed by atoms with E-state index in [1.165, 1.54) is 32.1 Å². The van der Waals surface area contributed by atoms with E-state index in [1.807, 2.05) is 6.92 Å². The lowest BCUT2D eigenvalue weighted by Gasteiger charge is -2.29. The van der Waals surface area contributed by atoms with Crippen molar-refractivity contribution in [3.05, 3.63) is 11.8 Å². The highest BCUT2D eigenvalue weighted by atomic mass is 16.4. The first-order chi connectivity index (χ1) is 10.0. The molecule has 6 heteroatoms. The maximum Gasteiger partial charge on any atom is 0.238 e. The fourth-order valence-corrected chi connectivity index (χ4v) is 3.48. The Bertz CT molecular complexity index is 506. The zero-order chi connectivity index (χ0) is 14.9. The second-order valence-corrected chi connectivity index (χ2v) is 6.73. The van der Waals surface area contributed by atoms with Crippen LogP contribution in [-0.2, 0) is 10.3 Å². The number of hydrogen-bond donors (Lipinski definition) is 2. The van der Waals surface area contributed by atoms with Crippen molar-refractivity contribution in [1.29, 1.82) is 0 Å². The highest BCUT2D eigenvalue weighted by Gasteiger charge is 2.34. The summed E-state index contributed by atoms with van der Waals surface area (Å²) in [5, 5.41) is 11.1. The third-order valence-electron chi connectivity index (χ3n) is 4.66. The number of rotatable bonds is 4. The molecule has 1 aromatic rings. The van der Waals surface area contributed by atoms with Gasteiger partial charge in [0, 0.05) is 6.42 Å². The fourth-order valence-electron chi connectivity index (χ4n) is 3.48. The Kier molecular flexibility index (Phi) is 3.97. The summed E-state index contributed by atoms with van der Waals surface area (Å²) in [5.41, 5.74) is 5.84. The average molecular weight is 292 g/mol. The lowest BCUT2D eigenvalue weighted by Crippen LogP contribution is -2.36. The summed E-state index contributed by atoms with van der Waals surface area (Å²) in [5.74, 6) is 1.66. The van der Waals surface area contributed by atoms with E-state index in [1.54, 1.807) is 0 Å². The molecule has 0 spiro atoms. The second kappa shape index (κ2) is 5.75. The van der Waals surface area contributed by atoms with Gasteiger partial charge in [0.15, 0.2) is 0 Å². The van der Waals surface area contributed by atoms with Crippen molar-refractivity contribution in [2.75, 3.05) is 0 Å². The van der Waals surface area contributed by atoms with Crippen molar-refractivity contribution in [1.82, 2.24) is 15.5 Å². The van der Waals surface area contributed by atoms with E-state index in [0.29, 0.717) is 30.5 Å². The molecule has 0 radical (unpaired) electrons. The maximum absolute atomic E-state index is 11.3. The zero-order valence-electron chi connectivity index (χ0n) is 12.6. The first-order valence-corrected chi connectivity index (χ1v) is 7.97. The Balaban J connectivity index is 1.67. The number of carbonyl (C=O) groups is 1. The lowest BCUT2D eigenvalue weighted by molar-refractivity contribution is -0.119. The summed E-state index contributed by atoms with van der Waals surface area (Å²) in [6.45, 7) is 1.96. The number of aromatic nitrogens is 2. The van der Waals surface area contributed by atoms with Crippen LogP contribution in [0.4, 0.5) is 0 Å². The van der Waals surface area contributed by atoms with E-state index in [4.69, 9.17) is 10.2 Å². The van der Waals surface area contributed by atoms with Crippen LogP contribution < -0.4 is 11.1 Å². The number of nitrogens with two attached hydrogens (primary N) is 1. The number of amides is 1. The summed E-state index contributed by atoms with van der Waals surface area (Å²) in [7, 11) is 0. The quantitative estimate of drug-likeness (QED) is 0.887. The molecule has 6 nitrogen and oxygen atoms in total. The fraction of sp³-hybridized carbons (Fsp3) is 0.800. The van der Waals surface area contributed by atoms with Crippen LogP contribution in [0.15, 0.2) is 4.42 Å². The Morgan fingerprint density at radius 2 is 2.05 bits per heavy atom. The molecule has 1 saturated heterocycles. The van der Waals surface area contributed by atoms with Crippen molar-refractivity contribution in [2.24, 2.45) is 11.7 Å². The molecule has 2 atom stereocenters. The molecule has 2 fully saturated rings. The van der Waals surface area contributed by atoms with Crippen molar-refractivity contribution >= 4 is 5.91 Å². The first-order valence-electron chi connectivity index (χ1n) is 7.97. The molecule has 1 amide bonds. The van der Waals surface area contributed by atoms with E-state index >= 15 is 0 Å². The normalized spacial score (nSPS) is 26.6. The van der Waals surface area contributed by atoms with Gasteiger partial charge in [0.2, 0.25) is 17.7 Å². The Morgan fingerprint density at radius 1 is 1.29 bits per heavy atom. The number of nitrogens with zero attached hydrogens (tertiary/aromatic N) is 2. The summed E-state index contributed by atoms with van der Waals surface area (Å²) in [6.07, 6.45) is 8.52. The van der Waals surface area contributed by atoms with Crippen LogP contribution in [0.25, 0.3) is 0 Å². The lowest BCUT2D eigenvalue weighted by atomic mass is 9.80. The molecule has 1 saturated carbocycles. The number of carbonyl (C=O) groups excluding carboxylic acids is 1. The Hall–Kier alpha value is -1.43. The van der Waals surface area contributed by atoms with Gasteiger partial charge in [0.1, 0.15) is 6.04 Å². The SMILES string of the molecule is C[C@@](N)(CC1CCCCC1)c1nnc(C2CCC(=O)N2)o1. The first kappa shape index (κ1) is 14.5. The van der Waals surface area contributed by atoms with Crippen LogP contribution in [0.1, 0.15) is 76.1 Å². The summed E-state index contributed by atoms with van der Waals surface area (Å²) in [6, 6.07) is -0.149. The minimum absolute atomic E-state index is 0.0393. The van der Waals surface area contributed by atoms with Crippen LogP contribution >= 0.6 is 0 Å². The molecule has 0 bridgehead atoms. The van der Waals surface area contributed by atoms with Crippen molar-refractivity contribution in [2.45, 2.75) is 69.9 Å². The molecule has 0 aromatic carbocycles. The predicted molar refractivity (Wildman–Crippen MR) is 77.1 cm³/mol. The van der Waals surface area contributed by atoms with Crippen LogP contribution in [0, 0.1) is 5.92 Å². The molecule has 2 heterocycles. The molecule has 3 N–H and O–H groups in total. The maximum atomic E-state index is 11.3. The average Bonchev–Trinajstić information content (AvgIpc) is 3.08. The molecule has 1 aromatic heterocycles. The highest BCUT2D eigenvalue weighted by Crippen LogP contribution is 2.34. The third-order valence-corrected chi connectivity index (χ3v) is 4.66. The third kappa shape index (κ3) is 3.26. The molecular formula is C15H24N4O2. The van der Waals surface area contributed by atoms with Gasteiger partial charge in [0.05, 0.1) is 5.54 Å². The van der Waals surface area contributed by atoms with Gasteiger partial charge in [-0.2, -0.15) is 0 Å². The van der Waals surface area contributed by atoms with Crippen molar-refractivity contribution in [3.63, 3.8) is 0 Å². The standard InChI is InChI=1S/C15H24N4O2/c1-15(16,9-10-5-3-2-4-6-10)14-19-18-13(21-14)11-7-8-12(20)17-11/h10-11H,2-9,16H2,1H3,(H,17,20)/t11?,15-/m1/s1. The van der Waals surface area contributed by atoms with Gasteiger partial charge >= 0.3 is 0 Å². The van der Waals surface area contributed by atoms with Crippen molar-refractivity contribution in [3.8, 4) is 0 Å².